The van der Waals surface area contributed by atoms with Crippen LogP contribution >= 0.6 is 0 Å². The van der Waals surface area contributed by atoms with Crippen LogP contribution in [-0.4, -0.2) is 12.8 Å². The minimum atomic E-state index is -0.0996. The minimum absolute atomic E-state index is 0.0223. The van der Waals surface area contributed by atoms with Crippen LogP contribution in [0.15, 0.2) is 64.1 Å². The summed E-state index contributed by atoms with van der Waals surface area (Å²) in [6.45, 7) is 49.7. The van der Waals surface area contributed by atoms with Crippen LogP contribution in [0, 0.1) is 17.8 Å². The highest BCUT2D eigenvalue weighted by molar-refractivity contribution is 7.00. The van der Waals surface area contributed by atoms with Crippen LogP contribution in [0.3, 0.4) is 0 Å². The average Bonchev–Trinajstić information content (AvgIpc) is 3.67. The number of fused-ring (bicyclic) bond motifs is 8. The Labute approximate surface area is 419 Å². The quantitative estimate of drug-likeness (QED) is 0.165. The summed E-state index contributed by atoms with van der Waals surface area (Å²) in [6, 6.07) is 16.1. The molecule has 11 rings (SSSR count). The molecule has 0 saturated heterocycles. The Morgan fingerprint density at radius 1 is 0.522 bits per heavy atom. The second kappa shape index (κ2) is 14.2. The van der Waals surface area contributed by atoms with Crippen molar-refractivity contribution in [1.82, 2.24) is 0 Å². The molecule has 0 amide bonds. The Bertz CT molecular complexity index is 2940. The molecule has 7 aliphatic rings. The van der Waals surface area contributed by atoms with Crippen LogP contribution in [0.2, 0.25) is 0 Å². The first-order chi connectivity index (χ1) is 31.7. The fourth-order valence-corrected chi connectivity index (χ4v) is 15.0. The number of nitrogens with zero attached hydrogens (tertiary/aromatic N) is 2. The lowest BCUT2D eigenvalue weighted by atomic mass is 9.32. The summed E-state index contributed by atoms with van der Waals surface area (Å²) in [5, 5.41) is 0. The Balaban J connectivity index is 1.29. The number of hydrogen-bond acceptors (Lipinski definition) is 3. The highest BCUT2D eigenvalue weighted by Crippen LogP contribution is 2.58. The summed E-state index contributed by atoms with van der Waals surface area (Å²) >= 11 is 0. The van der Waals surface area contributed by atoms with Crippen molar-refractivity contribution in [2.24, 2.45) is 10.8 Å². The predicted octanol–water partition coefficient (Wildman–Crippen LogP) is 16.2. The van der Waals surface area contributed by atoms with Gasteiger partial charge < -0.3 is 14.2 Å². The second-order valence-electron chi connectivity index (χ2n) is 30.1. The van der Waals surface area contributed by atoms with Gasteiger partial charge >= 0.3 is 0 Å². The number of rotatable bonds is 2. The van der Waals surface area contributed by atoms with E-state index in [0.717, 1.165) is 25.1 Å². The second-order valence-corrected chi connectivity index (χ2v) is 30.1. The fraction of sp³-hybridized carbons (Fsp3) is 0.600. The fourth-order valence-electron chi connectivity index (χ4n) is 15.0. The van der Waals surface area contributed by atoms with Gasteiger partial charge in [-0.25, -0.2) is 0 Å². The van der Waals surface area contributed by atoms with Crippen molar-refractivity contribution < 1.29 is 4.42 Å². The van der Waals surface area contributed by atoms with Crippen molar-refractivity contribution in [1.29, 1.82) is 0 Å². The van der Waals surface area contributed by atoms with Crippen LogP contribution in [-0.2, 0) is 37.9 Å². The third-order valence-electron chi connectivity index (χ3n) is 20.3. The van der Waals surface area contributed by atoms with Crippen LogP contribution in [0.25, 0.3) is 0 Å². The SMILES string of the molecule is Cc1cc2c(cc1N1c3cc4c(cc3B3c5c1cc(C(C)(C)C)cc5N(C1C=CC5=C(C1)C(C)(C)CCC5(C)C)c1oc5c(c13)C(C)(C)CCC5(C)C)C(C)(C)CCC4(C)C)C(C)(C)CCC2(C)C. The summed E-state index contributed by atoms with van der Waals surface area (Å²) in [4.78, 5) is 5.57. The largest absolute Gasteiger partial charge is 0.445 e. The molecule has 2 aliphatic heterocycles. The zero-order valence-electron chi connectivity index (χ0n) is 46.9. The number of hydrogen-bond donors (Lipinski definition) is 0. The van der Waals surface area contributed by atoms with Gasteiger partial charge in [-0.1, -0.05) is 161 Å². The van der Waals surface area contributed by atoms with Crippen molar-refractivity contribution in [2.75, 3.05) is 9.80 Å². The zero-order valence-corrected chi connectivity index (χ0v) is 46.9. The van der Waals surface area contributed by atoms with Crippen LogP contribution in [0.4, 0.5) is 28.6 Å². The first kappa shape index (κ1) is 47.4. The summed E-state index contributed by atoms with van der Waals surface area (Å²) < 4.78 is 7.85. The topological polar surface area (TPSA) is 19.6 Å². The van der Waals surface area contributed by atoms with Gasteiger partial charge in [0, 0.05) is 28.2 Å². The number of furan rings is 1. The molecular weight excluding hydrogens is 836 g/mol. The lowest BCUT2D eigenvalue weighted by molar-refractivity contribution is 0.255. The van der Waals surface area contributed by atoms with E-state index in [-0.39, 0.29) is 61.5 Å². The minimum Gasteiger partial charge on any atom is -0.445 e. The zero-order chi connectivity index (χ0) is 49.9. The smallest absolute Gasteiger partial charge is 0.256 e. The molecule has 1 atom stereocenters. The van der Waals surface area contributed by atoms with Gasteiger partial charge in [-0.15, -0.1) is 0 Å². The lowest BCUT2D eigenvalue weighted by Gasteiger charge is -2.50. The molecule has 3 nitrogen and oxygen atoms in total. The first-order valence-corrected chi connectivity index (χ1v) is 27.4. The molecule has 0 fully saturated rings. The molecule has 69 heavy (non-hydrogen) atoms. The monoisotopic (exact) mass is 923 g/mol. The van der Waals surface area contributed by atoms with Crippen LogP contribution in [0.1, 0.15) is 234 Å². The van der Waals surface area contributed by atoms with Gasteiger partial charge in [-0.3, -0.25) is 0 Å². The molecule has 0 bridgehead atoms. The van der Waals surface area contributed by atoms with Gasteiger partial charge in [-0.05, 0) is 193 Å². The molecule has 0 radical (unpaired) electrons. The Morgan fingerprint density at radius 2 is 1.01 bits per heavy atom. The predicted molar refractivity (Wildman–Crippen MR) is 297 cm³/mol. The molecule has 0 spiro atoms. The maximum atomic E-state index is 7.85. The average molecular weight is 923 g/mol. The summed E-state index contributed by atoms with van der Waals surface area (Å²) in [7, 11) is 0. The lowest BCUT2D eigenvalue weighted by Crippen LogP contribution is -2.64. The van der Waals surface area contributed by atoms with Gasteiger partial charge in [-0.2, -0.15) is 0 Å². The highest BCUT2D eigenvalue weighted by Gasteiger charge is 2.55. The van der Waals surface area contributed by atoms with Crippen molar-refractivity contribution in [3.8, 4) is 0 Å². The number of allylic oxidation sites excluding steroid dienone is 2. The first-order valence-electron chi connectivity index (χ1n) is 27.4. The van der Waals surface area contributed by atoms with Gasteiger partial charge in [0.15, 0.2) is 5.88 Å². The normalized spacial score (nSPS) is 25.4. The van der Waals surface area contributed by atoms with E-state index in [1.165, 1.54) is 122 Å². The van der Waals surface area contributed by atoms with E-state index in [2.05, 4.69) is 197 Å². The molecule has 4 aromatic rings. The van der Waals surface area contributed by atoms with E-state index in [4.69, 9.17) is 4.42 Å². The molecule has 1 aromatic heterocycles. The molecule has 3 heterocycles. The Hall–Kier alpha value is -3.92. The Morgan fingerprint density at radius 3 is 1.61 bits per heavy atom. The van der Waals surface area contributed by atoms with Crippen LogP contribution in [0.5, 0.6) is 0 Å². The summed E-state index contributed by atoms with van der Waals surface area (Å²) in [5.74, 6) is 2.33. The summed E-state index contributed by atoms with van der Waals surface area (Å²) in [5.41, 5.74) is 23.7. The standard InChI is InChI=1S/C65H87BN2O/c1-38-31-42-45(62(13,14)27-25-59(42,7)8)36-48(38)68-49-37-46-44(61(11,12)26-28-63(46,15)16)35-47(49)66-53-50(32-39(33-51(53)68)57(2,3)4)67(40-21-22-41-43(34-40)60(9,10)24-23-58(41,5)6)56-54(66)52-55(69-56)65(19,20)30-29-64(52,17)18/h21-22,31-33,35-37,40H,23-30,34H2,1-20H3. The third kappa shape index (κ3) is 6.77. The van der Waals surface area contributed by atoms with Gasteiger partial charge in [0.25, 0.3) is 6.71 Å². The molecule has 3 aromatic carbocycles. The van der Waals surface area contributed by atoms with Gasteiger partial charge in [0.2, 0.25) is 0 Å². The van der Waals surface area contributed by atoms with Gasteiger partial charge in [0.1, 0.15) is 5.76 Å². The molecule has 0 N–H and O–H groups in total. The molecule has 366 valence electrons. The molecule has 0 saturated carbocycles. The number of anilines is 5. The molecule has 5 aliphatic carbocycles. The van der Waals surface area contributed by atoms with E-state index in [0.29, 0.717) is 0 Å². The van der Waals surface area contributed by atoms with Gasteiger partial charge in [0.05, 0.1) is 6.04 Å². The highest BCUT2D eigenvalue weighted by atomic mass is 16.4. The van der Waals surface area contributed by atoms with E-state index in [9.17, 15) is 0 Å². The van der Waals surface area contributed by atoms with Crippen molar-refractivity contribution in [3.05, 3.63) is 104 Å². The van der Waals surface area contributed by atoms with E-state index < -0.39 is 0 Å². The van der Waals surface area contributed by atoms with Crippen molar-refractivity contribution in [2.45, 2.75) is 240 Å². The molecule has 1 unspecified atom stereocenters. The maximum Gasteiger partial charge on any atom is 0.256 e. The number of benzene rings is 3. The summed E-state index contributed by atoms with van der Waals surface area (Å²) in [6.07, 6.45) is 15.6. The van der Waals surface area contributed by atoms with E-state index in [1.807, 2.05) is 0 Å². The molecular formula is C65H87BN2O. The van der Waals surface area contributed by atoms with E-state index in [1.54, 1.807) is 11.1 Å². The van der Waals surface area contributed by atoms with Crippen molar-refractivity contribution >= 4 is 51.7 Å². The van der Waals surface area contributed by atoms with Crippen molar-refractivity contribution in [3.63, 3.8) is 0 Å². The van der Waals surface area contributed by atoms with Crippen LogP contribution < -0.4 is 26.2 Å². The van der Waals surface area contributed by atoms with E-state index >= 15 is 0 Å². The maximum absolute atomic E-state index is 7.85. The molecule has 4 heteroatoms. The number of aryl methyl sites for hydroxylation is 1. The Kier molecular flexibility index (Phi) is 9.75. The third-order valence-corrected chi connectivity index (χ3v) is 20.3.